The number of nitrogens with zero attached hydrogens (tertiary/aromatic N) is 2. The van der Waals surface area contributed by atoms with Crippen LogP contribution in [0.25, 0.3) is 0 Å². The Kier molecular flexibility index (Phi) is 5.91. The summed E-state index contributed by atoms with van der Waals surface area (Å²) in [5, 5.41) is 9.10. The van der Waals surface area contributed by atoms with Gasteiger partial charge >= 0.3 is 0 Å². The number of aromatic nitrogens is 2. The summed E-state index contributed by atoms with van der Waals surface area (Å²) in [6, 6.07) is 11.3. The number of amides is 1. The van der Waals surface area contributed by atoms with Crippen LogP contribution in [0, 0.1) is 0 Å². The summed E-state index contributed by atoms with van der Waals surface area (Å²) in [5.74, 6) is 0.559. The van der Waals surface area contributed by atoms with Crippen LogP contribution in [0.5, 0.6) is 0 Å². The van der Waals surface area contributed by atoms with Gasteiger partial charge in [0, 0.05) is 22.2 Å². The number of hydrogen-bond acceptors (Lipinski definition) is 6. The molecule has 2 heterocycles. The van der Waals surface area contributed by atoms with Gasteiger partial charge in [0.2, 0.25) is 5.91 Å². The van der Waals surface area contributed by atoms with Gasteiger partial charge < -0.3 is 10.6 Å². The number of hydrogen-bond donors (Lipinski definition) is 2. The van der Waals surface area contributed by atoms with E-state index in [2.05, 4.69) is 20.6 Å². The van der Waals surface area contributed by atoms with Crippen LogP contribution < -0.4 is 10.6 Å². The minimum atomic E-state index is -0.0975. The summed E-state index contributed by atoms with van der Waals surface area (Å²) in [6.45, 7) is 0. The lowest BCUT2D eigenvalue weighted by Crippen LogP contribution is -2.14. The molecule has 1 amide bonds. The molecule has 0 saturated heterocycles. The molecule has 0 aliphatic heterocycles. The van der Waals surface area contributed by atoms with E-state index in [1.165, 1.54) is 11.3 Å². The molecule has 3 rings (SSSR count). The fourth-order valence-electron chi connectivity index (χ4n) is 2.08. The Bertz CT molecular complexity index is 867. The number of carbonyl (C=O) groups is 1. The average molecular weight is 391 g/mol. The monoisotopic (exact) mass is 390 g/mol. The SMILES string of the molecule is CSc1cccc(NC(=O)Cc2csc(Nc3ccc(Cl)cn3)n2)c1. The Hall–Kier alpha value is -2.09. The lowest BCUT2D eigenvalue weighted by Gasteiger charge is -2.05. The van der Waals surface area contributed by atoms with Crippen molar-refractivity contribution in [3.05, 3.63) is 58.7 Å². The quantitative estimate of drug-likeness (QED) is 0.589. The van der Waals surface area contributed by atoms with Gasteiger partial charge in [0.25, 0.3) is 0 Å². The lowest BCUT2D eigenvalue weighted by atomic mass is 10.3. The number of carbonyl (C=O) groups excluding carboxylic acids is 1. The van der Waals surface area contributed by atoms with E-state index in [1.807, 2.05) is 35.9 Å². The largest absolute Gasteiger partial charge is 0.326 e. The van der Waals surface area contributed by atoms with E-state index < -0.39 is 0 Å². The van der Waals surface area contributed by atoms with Crippen LogP contribution >= 0.6 is 34.7 Å². The highest BCUT2D eigenvalue weighted by Crippen LogP contribution is 2.22. The Morgan fingerprint density at radius 3 is 2.96 bits per heavy atom. The van der Waals surface area contributed by atoms with Gasteiger partial charge in [-0.2, -0.15) is 0 Å². The molecule has 0 aliphatic rings. The summed E-state index contributed by atoms with van der Waals surface area (Å²) in [6.07, 6.45) is 3.78. The molecule has 0 fully saturated rings. The molecule has 2 aromatic heterocycles. The van der Waals surface area contributed by atoms with E-state index >= 15 is 0 Å². The Morgan fingerprint density at radius 2 is 2.20 bits per heavy atom. The molecule has 8 heteroatoms. The minimum Gasteiger partial charge on any atom is -0.326 e. The molecule has 5 nitrogen and oxygen atoms in total. The van der Waals surface area contributed by atoms with Crippen LogP contribution in [-0.4, -0.2) is 22.1 Å². The standard InChI is InChI=1S/C17H15ClN4OS2/c1-24-14-4-2-3-12(7-14)20-16(23)8-13-10-25-17(21-13)22-15-6-5-11(18)9-19-15/h2-7,9-10H,8H2,1H3,(H,20,23)(H,19,21,22). The molecule has 0 unspecified atom stereocenters. The van der Waals surface area contributed by atoms with Gasteiger partial charge in [0.1, 0.15) is 5.82 Å². The van der Waals surface area contributed by atoms with Gasteiger partial charge in [-0.25, -0.2) is 9.97 Å². The fourth-order valence-corrected chi connectivity index (χ4v) is 3.36. The van der Waals surface area contributed by atoms with Crippen molar-refractivity contribution in [3.8, 4) is 0 Å². The molecular weight excluding hydrogens is 376 g/mol. The molecule has 2 N–H and O–H groups in total. The highest BCUT2D eigenvalue weighted by Gasteiger charge is 2.09. The highest BCUT2D eigenvalue weighted by atomic mass is 35.5. The molecule has 0 saturated carbocycles. The minimum absolute atomic E-state index is 0.0975. The molecule has 0 atom stereocenters. The topological polar surface area (TPSA) is 66.9 Å². The first kappa shape index (κ1) is 17.7. The summed E-state index contributed by atoms with van der Waals surface area (Å²) in [5.41, 5.74) is 1.50. The van der Waals surface area contributed by atoms with E-state index in [4.69, 9.17) is 11.6 Å². The second-order valence-electron chi connectivity index (χ2n) is 5.09. The van der Waals surface area contributed by atoms with E-state index in [-0.39, 0.29) is 12.3 Å². The van der Waals surface area contributed by atoms with Crippen molar-refractivity contribution in [2.45, 2.75) is 11.3 Å². The van der Waals surface area contributed by atoms with E-state index in [0.717, 1.165) is 10.6 Å². The van der Waals surface area contributed by atoms with Crippen molar-refractivity contribution in [1.29, 1.82) is 0 Å². The Morgan fingerprint density at radius 1 is 1.32 bits per heavy atom. The first-order valence-electron chi connectivity index (χ1n) is 7.39. The Labute approximate surface area is 158 Å². The smallest absolute Gasteiger partial charge is 0.230 e. The van der Waals surface area contributed by atoms with Crippen molar-refractivity contribution in [1.82, 2.24) is 9.97 Å². The number of thiazole rings is 1. The maximum atomic E-state index is 12.2. The third-order valence-electron chi connectivity index (χ3n) is 3.21. The van der Waals surface area contributed by atoms with Crippen molar-refractivity contribution in [2.75, 3.05) is 16.9 Å². The number of pyridine rings is 1. The lowest BCUT2D eigenvalue weighted by molar-refractivity contribution is -0.115. The number of nitrogens with one attached hydrogen (secondary N) is 2. The predicted octanol–water partition coefficient (Wildman–Crippen LogP) is 4.84. The number of benzene rings is 1. The van der Waals surface area contributed by atoms with Gasteiger partial charge in [-0.05, 0) is 36.6 Å². The van der Waals surface area contributed by atoms with Crippen LogP contribution in [0.4, 0.5) is 16.6 Å². The van der Waals surface area contributed by atoms with Crippen LogP contribution in [-0.2, 0) is 11.2 Å². The van der Waals surface area contributed by atoms with Gasteiger partial charge in [-0.1, -0.05) is 17.7 Å². The summed E-state index contributed by atoms with van der Waals surface area (Å²) < 4.78 is 0. The average Bonchev–Trinajstić information content (AvgIpc) is 3.04. The molecule has 128 valence electrons. The summed E-state index contributed by atoms with van der Waals surface area (Å²) in [4.78, 5) is 21.9. The van der Waals surface area contributed by atoms with Crippen molar-refractivity contribution in [2.24, 2.45) is 0 Å². The number of thioether (sulfide) groups is 1. The third-order valence-corrected chi connectivity index (χ3v) is 4.96. The second-order valence-corrected chi connectivity index (χ2v) is 7.26. The van der Waals surface area contributed by atoms with Gasteiger partial charge in [0.05, 0.1) is 17.1 Å². The normalized spacial score (nSPS) is 10.5. The van der Waals surface area contributed by atoms with Gasteiger partial charge in [-0.15, -0.1) is 23.1 Å². The van der Waals surface area contributed by atoms with Gasteiger partial charge in [0.15, 0.2) is 5.13 Å². The molecule has 1 aromatic carbocycles. The van der Waals surface area contributed by atoms with E-state index in [0.29, 0.717) is 21.7 Å². The molecule has 0 aliphatic carbocycles. The molecule has 0 bridgehead atoms. The zero-order valence-corrected chi connectivity index (χ0v) is 15.7. The second kappa shape index (κ2) is 8.33. The van der Waals surface area contributed by atoms with Crippen molar-refractivity contribution in [3.63, 3.8) is 0 Å². The first-order chi connectivity index (χ1) is 12.1. The van der Waals surface area contributed by atoms with Crippen molar-refractivity contribution < 1.29 is 4.79 Å². The number of anilines is 3. The third kappa shape index (κ3) is 5.19. The maximum absolute atomic E-state index is 12.2. The van der Waals surface area contributed by atoms with Crippen molar-refractivity contribution >= 4 is 57.2 Å². The van der Waals surface area contributed by atoms with Gasteiger partial charge in [-0.3, -0.25) is 4.79 Å². The predicted molar refractivity (Wildman–Crippen MR) is 105 cm³/mol. The zero-order chi connectivity index (χ0) is 17.6. The fraction of sp³-hybridized carbons (Fsp3) is 0.118. The first-order valence-corrected chi connectivity index (χ1v) is 9.87. The van der Waals surface area contributed by atoms with Crippen LogP contribution in [0.3, 0.4) is 0 Å². The highest BCUT2D eigenvalue weighted by molar-refractivity contribution is 7.98. The van der Waals surface area contributed by atoms with Crippen LogP contribution in [0.15, 0.2) is 52.9 Å². The number of rotatable bonds is 6. The van der Waals surface area contributed by atoms with E-state index in [1.54, 1.807) is 30.1 Å². The summed E-state index contributed by atoms with van der Waals surface area (Å²) >= 11 is 8.87. The molecule has 0 spiro atoms. The van der Waals surface area contributed by atoms with Crippen LogP contribution in [0.1, 0.15) is 5.69 Å². The maximum Gasteiger partial charge on any atom is 0.230 e. The molecule has 3 aromatic rings. The number of halogens is 1. The zero-order valence-electron chi connectivity index (χ0n) is 13.3. The molecule has 0 radical (unpaired) electrons. The van der Waals surface area contributed by atoms with E-state index in [9.17, 15) is 4.79 Å². The van der Waals surface area contributed by atoms with Crippen LogP contribution in [0.2, 0.25) is 5.02 Å². The molecular formula is C17H15ClN4OS2. The summed E-state index contributed by atoms with van der Waals surface area (Å²) in [7, 11) is 0. The Balaban J connectivity index is 1.58. The molecule has 25 heavy (non-hydrogen) atoms.